The Bertz CT molecular complexity index is 903. The van der Waals surface area contributed by atoms with E-state index >= 15 is 0 Å². The van der Waals surface area contributed by atoms with E-state index in [0.717, 1.165) is 16.8 Å². The van der Waals surface area contributed by atoms with E-state index in [1.165, 1.54) is 12.8 Å². The molecule has 4 nitrogen and oxygen atoms in total. The summed E-state index contributed by atoms with van der Waals surface area (Å²) in [6.45, 7) is 0.941. The molecule has 1 fully saturated rings. The van der Waals surface area contributed by atoms with Gasteiger partial charge in [-0.15, -0.1) is 0 Å². The molecule has 1 aliphatic rings. The number of aromatic nitrogens is 1. The topological polar surface area (TPSA) is 51.2 Å². The predicted molar refractivity (Wildman–Crippen MR) is 105 cm³/mol. The molecule has 0 bridgehead atoms. The first kappa shape index (κ1) is 17.3. The number of rotatable bonds is 7. The summed E-state index contributed by atoms with van der Waals surface area (Å²) in [6.07, 6.45) is 4.34. The van der Waals surface area contributed by atoms with Crippen LogP contribution in [-0.2, 0) is 13.2 Å². The lowest BCUT2D eigenvalue weighted by molar-refractivity contribution is 0.0950. The van der Waals surface area contributed by atoms with Gasteiger partial charge in [-0.05, 0) is 48.2 Å². The highest BCUT2D eigenvalue weighted by molar-refractivity contribution is 5.94. The van der Waals surface area contributed by atoms with Gasteiger partial charge < -0.3 is 10.1 Å². The summed E-state index contributed by atoms with van der Waals surface area (Å²) in [4.78, 5) is 16.9. The Labute approximate surface area is 159 Å². The van der Waals surface area contributed by atoms with E-state index in [1.54, 1.807) is 12.1 Å². The van der Waals surface area contributed by atoms with Crippen LogP contribution in [-0.4, -0.2) is 10.9 Å². The van der Waals surface area contributed by atoms with Crippen LogP contribution in [0, 0.1) is 0 Å². The molecular weight excluding hydrogens is 336 g/mol. The van der Waals surface area contributed by atoms with Gasteiger partial charge in [-0.2, -0.15) is 0 Å². The number of hydrogen-bond donors (Lipinski definition) is 1. The highest BCUT2D eigenvalue weighted by Crippen LogP contribution is 2.38. The molecule has 0 aliphatic heterocycles. The fourth-order valence-electron chi connectivity index (χ4n) is 2.91. The maximum Gasteiger partial charge on any atom is 0.251 e. The summed E-state index contributed by atoms with van der Waals surface area (Å²) in [5.74, 6) is 1.21. The van der Waals surface area contributed by atoms with Crippen molar-refractivity contribution in [2.75, 3.05) is 0 Å². The largest absolute Gasteiger partial charge is 0.489 e. The molecule has 0 saturated heterocycles. The van der Waals surface area contributed by atoms with Crippen LogP contribution in [0.15, 0.2) is 72.9 Å². The van der Waals surface area contributed by atoms with Crippen LogP contribution in [0.25, 0.3) is 0 Å². The maximum atomic E-state index is 12.4. The van der Waals surface area contributed by atoms with Crippen LogP contribution in [0.3, 0.4) is 0 Å². The highest BCUT2D eigenvalue weighted by atomic mass is 16.5. The molecule has 0 atom stereocenters. The zero-order valence-corrected chi connectivity index (χ0v) is 15.1. The Morgan fingerprint density at radius 2 is 1.85 bits per heavy atom. The molecule has 0 radical (unpaired) electrons. The minimum absolute atomic E-state index is 0.119. The first-order valence-corrected chi connectivity index (χ1v) is 9.28. The van der Waals surface area contributed by atoms with Crippen LogP contribution in [0.2, 0.25) is 0 Å². The number of nitrogens with zero attached hydrogens (tertiary/aromatic N) is 1. The highest BCUT2D eigenvalue weighted by Gasteiger charge is 2.24. The van der Waals surface area contributed by atoms with E-state index in [4.69, 9.17) is 4.74 Å². The fraction of sp³-hybridized carbons (Fsp3) is 0.217. The second-order valence-electron chi connectivity index (χ2n) is 6.85. The number of ether oxygens (including phenoxy) is 1. The van der Waals surface area contributed by atoms with Crippen LogP contribution in [0.4, 0.5) is 0 Å². The van der Waals surface area contributed by atoms with Gasteiger partial charge in [-0.25, -0.2) is 0 Å². The Morgan fingerprint density at radius 1 is 1.00 bits per heavy atom. The Hall–Kier alpha value is -3.14. The normalized spacial score (nSPS) is 13.2. The Kier molecular flexibility index (Phi) is 5.15. The molecule has 1 heterocycles. The molecule has 3 aromatic rings. The van der Waals surface area contributed by atoms with Crippen molar-refractivity contribution in [2.45, 2.75) is 31.9 Å². The molecule has 0 spiro atoms. The third kappa shape index (κ3) is 4.73. The Morgan fingerprint density at radius 3 is 2.59 bits per heavy atom. The lowest BCUT2D eigenvalue weighted by Crippen LogP contribution is -2.22. The average Bonchev–Trinajstić information content (AvgIpc) is 3.57. The minimum atomic E-state index is -0.119. The first-order chi connectivity index (χ1) is 13.3. The van der Waals surface area contributed by atoms with Gasteiger partial charge in [-0.1, -0.05) is 42.5 Å². The minimum Gasteiger partial charge on any atom is -0.489 e. The molecule has 1 N–H and O–H groups in total. The van der Waals surface area contributed by atoms with Gasteiger partial charge in [0.1, 0.15) is 12.4 Å². The molecule has 1 amide bonds. The lowest BCUT2D eigenvalue weighted by atomic mass is 10.2. The van der Waals surface area contributed by atoms with Crippen LogP contribution < -0.4 is 10.1 Å². The van der Waals surface area contributed by atoms with Crippen molar-refractivity contribution in [3.63, 3.8) is 0 Å². The van der Waals surface area contributed by atoms with Crippen molar-refractivity contribution in [3.05, 3.63) is 95.3 Å². The third-order valence-corrected chi connectivity index (χ3v) is 4.64. The number of carbonyl (C=O) groups excluding carboxylic acids is 1. The summed E-state index contributed by atoms with van der Waals surface area (Å²) >= 11 is 0. The van der Waals surface area contributed by atoms with Crippen molar-refractivity contribution >= 4 is 5.91 Å². The summed E-state index contributed by atoms with van der Waals surface area (Å²) in [6, 6.07) is 21.3. The SMILES string of the molecule is O=C(NCc1ccc(C2CC2)nc1)c1cccc(OCc2ccccc2)c1. The van der Waals surface area contributed by atoms with E-state index in [1.807, 2.05) is 54.7 Å². The molecule has 4 heteroatoms. The molecule has 27 heavy (non-hydrogen) atoms. The summed E-state index contributed by atoms with van der Waals surface area (Å²) < 4.78 is 5.80. The predicted octanol–water partition coefficient (Wildman–Crippen LogP) is 4.47. The van der Waals surface area contributed by atoms with Crippen molar-refractivity contribution in [3.8, 4) is 5.75 Å². The molecule has 1 aromatic heterocycles. The number of carbonyl (C=O) groups is 1. The van der Waals surface area contributed by atoms with Crippen LogP contribution in [0.5, 0.6) is 5.75 Å². The van der Waals surface area contributed by atoms with Crippen molar-refractivity contribution < 1.29 is 9.53 Å². The van der Waals surface area contributed by atoms with Crippen molar-refractivity contribution in [1.29, 1.82) is 0 Å². The zero-order valence-electron chi connectivity index (χ0n) is 15.1. The summed E-state index contributed by atoms with van der Waals surface area (Å²) in [5.41, 5.74) is 3.84. The van der Waals surface area contributed by atoms with Gasteiger partial charge in [0.25, 0.3) is 5.91 Å². The number of nitrogens with one attached hydrogen (secondary N) is 1. The van der Waals surface area contributed by atoms with Gasteiger partial charge in [-0.3, -0.25) is 9.78 Å². The summed E-state index contributed by atoms with van der Waals surface area (Å²) in [5, 5.41) is 2.95. The number of amides is 1. The van der Waals surface area contributed by atoms with Gasteiger partial charge >= 0.3 is 0 Å². The van der Waals surface area contributed by atoms with E-state index in [9.17, 15) is 4.79 Å². The average molecular weight is 358 g/mol. The number of benzene rings is 2. The first-order valence-electron chi connectivity index (χ1n) is 9.28. The lowest BCUT2D eigenvalue weighted by Gasteiger charge is -2.09. The Balaban J connectivity index is 1.32. The maximum absolute atomic E-state index is 12.4. The molecular formula is C23H22N2O2. The van der Waals surface area contributed by atoms with E-state index in [0.29, 0.717) is 30.4 Å². The molecule has 1 saturated carbocycles. The second kappa shape index (κ2) is 8.04. The van der Waals surface area contributed by atoms with E-state index in [-0.39, 0.29) is 5.91 Å². The quantitative estimate of drug-likeness (QED) is 0.678. The molecule has 1 aliphatic carbocycles. The van der Waals surface area contributed by atoms with E-state index < -0.39 is 0 Å². The molecule has 4 rings (SSSR count). The smallest absolute Gasteiger partial charge is 0.251 e. The van der Waals surface area contributed by atoms with Crippen molar-refractivity contribution in [2.24, 2.45) is 0 Å². The fourth-order valence-corrected chi connectivity index (χ4v) is 2.91. The molecule has 2 aromatic carbocycles. The van der Waals surface area contributed by atoms with Gasteiger partial charge in [0, 0.05) is 29.9 Å². The standard InChI is InChI=1S/C23H22N2O2/c26-23(25-15-18-9-12-22(24-14-18)19-10-11-19)20-7-4-8-21(13-20)27-16-17-5-2-1-3-6-17/h1-9,12-14,19H,10-11,15-16H2,(H,25,26). The monoisotopic (exact) mass is 358 g/mol. The second-order valence-corrected chi connectivity index (χ2v) is 6.85. The van der Waals surface area contributed by atoms with Crippen molar-refractivity contribution in [1.82, 2.24) is 10.3 Å². The molecule has 136 valence electrons. The zero-order chi connectivity index (χ0) is 18.5. The van der Waals surface area contributed by atoms with E-state index in [2.05, 4.69) is 16.4 Å². The number of hydrogen-bond acceptors (Lipinski definition) is 3. The third-order valence-electron chi connectivity index (χ3n) is 4.64. The van der Waals surface area contributed by atoms with Crippen LogP contribution >= 0.6 is 0 Å². The van der Waals surface area contributed by atoms with Gasteiger partial charge in [0.15, 0.2) is 0 Å². The summed E-state index contributed by atoms with van der Waals surface area (Å²) in [7, 11) is 0. The van der Waals surface area contributed by atoms with Gasteiger partial charge in [0.05, 0.1) is 0 Å². The van der Waals surface area contributed by atoms with Gasteiger partial charge in [0.2, 0.25) is 0 Å². The molecule has 0 unspecified atom stereocenters. The number of pyridine rings is 1. The van der Waals surface area contributed by atoms with Crippen LogP contribution in [0.1, 0.15) is 45.9 Å².